The zero-order valence-electron chi connectivity index (χ0n) is 14.8. The van der Waals surface area contributed by atoms with E-state index in [1.54, 1.807) is 4.90 Å². The highest BCUT2D eigenvalue weighted by Crippen LogP contribution is 2.23. The minimum absolute atomic E-state index is 0.110. The predicted molar refractivity (Wildman–Crippen MR) is 94.8 cm³/mol. The number of aryl methyl sites for hydroxylation is 3. The highest BCUT2D eigenvalue weighted by molar-refractivity contribution is 5.98. The van der Waals surface area contributed by atoms with E-state index in [0.29, 0.717) is 18.7 Å². The molecule has 3 rings (SSSR count). The molecule has 1 unspecified atom stereocenters. The molecule has 0 radical (unpaired) electrons. The fourth-order valence-electron chi connectivity index (χ4n) is 3.24. The van der Waals surface area contributed by atoms with Gasteiger partial charge >= 0.3 is 0 Å². The second-order valence-electron chi connectivity index (χ2n) is 6.49. The highest BCUT2D eigenvalue weighted by atomic mass is 16.5. The molecule has 2 N–H and O–H groups in total. The summed E-state index contributed by atoms with van der Waals surface area (Å²) < 4.78 is 7.41. The molecule has 2 heterocycles. The molecule has 25 heavy (non-hydrogen) atoms. The zero-order chi connectivity index (χ0) is 18.1. The Hall–Kier alpha value is -2.60. The van der Waals surface area contributed by atoms with Gasteiger partial charge in [-0.2, -0.15) is 0 Å². The molecule has 0 bridgehead atoms. The van der Waals surface area contributed by atoms with Gasteiger partial charge in [-0.25, -0.2) is 0 Å². The summed E-state index contributed by atoms with van der Waals surface area (Å²) in [5.74, 6) is -0.653. The van der Waals surface area contributed by atoms with Crippen molar-refractivity contribution in [2.24, 2.45) is 5.73 Å². The van der Waals surface area contributed by atoms with E-state index in [9.17, 15) is 9.59 Å². The summed E-state index contributed by atoms with van der Waals surface area (Å²) in [4.78, 5) is 26.2. The topological polar surface area (TPSA) is 77.6 Å². The standard InChI is InChI=1S/C19H23N3O3/c1-12-4-7-16(22-13(2)5-6-14(22)3)15(10-12)19(24)21-8-9-25-17(11-21)18(20)23/h4-7,10,17H,8-9,11H2,1-3H3,(H2,20,23). The molecule has 1 aliphatic heterocycles. The average Bonchev–Trinajstić information content (AvgIpc) is 2.93. The van der Waals surface area contributed by atoms with E-state index in [4.69, 9.17) is 10.5 Å². The summed E-state index contributed by atoms with van der Waals surface area (Å²) >= 11 is 0. The van der Waals surface area contributed by atoms with Crippen LogP contribution >= 0.6 is 0 Å². The van der Waals surface area contributed by atoms with Crippen LogP contribution in [-0.4, -0.2) is 47.1 Å². The van der Waals surface area contributed by atoms with Crippen LogP contribution in [0.2, 0.25) is 0 Å². The Bertz CT molecular complexity index is 806. The molecule has 6 nitrogen and oxygen atoms in total. The molecule has 132 valence electrons. The lowest BCUT2D eigenvalue weighted by Crippen LogP contribution is -2.50. The van der Waals surface area contributed by atoms with Crippen LogP contribution in [0.1, 0.15) is 27.3 Å². The van der Waals surface area contributed by atoms with E-state index in [1.807, 2.05) is 51.1 Å². The second-order valence-corrected chi connectivity index (χ2v) is 6.49. The molecule has 1 aromatic carbocycles. The number of aromatic nitrogens is 1. The smallest absolute Gasteiger partial charge is 0.256 e. The number of ether oxygens (including phenoxy) is 1. The first-order valence-electron chi connectivity index (χ1n) is 8.34. The summed E-state index contributed by atoms with van der Waals surface area (Å²) in [6, 6.07) is 9.92. The molecule has 1 saturated heterocycles. The maximum atomic E-state index is 13.2. The van der Waals surface area contributed by atoms with E-state index < -0.39 is 12.0 Å². The molecule has 0 spiro atoms. The maximum absolute atomic E-state index is 13.2. The average molecular weight is 341 g/mol. The Morgan fingerprint density at radius 3 is 2.44 bits per heavy atom. The minimum atomic E-state index is -0.749. The zero-order valence-corrected chi connectivity index (χ0v) is 14.8. The van der Waals surface area contributed by atoms with Crippen molar-refractivity contribution in [3.8, 4) is 5.69 Å². The first kappa shape index (κ1) is 17.2. The van der Waals surface area contributed by atoms with Gasteiger partial charge in [0.1, 0.15) is 0 Å². The SMILES string of the molecule is Cc1ccc(-n2c(C)ccc2C)c(C(=O)N2CCOC(C(N)=O)C2)c1. The minimum Gasteiger partial charge on any atom is -0.367 e. The fourth-order valence-corrected chi connectivity index (χ4v) is 3.24. The van der Waals surface area contributed by atoms with Crippen LogP contribution in [0.5, 0.6) is 0 Å². The maximum Gasteiger partial charge on any atom is 0.256 e. The highest BCUT2D eigenvalue weighted by Gasteiger charge is 2.29. The Labute approximate surface area is 147 Å². The van der Waals surface area contributed by atoms with E-state index >= 15 is 0 Å². The van der Waals surface area contributed by atoms with Crippen LogP contribution in [0.3, 0.4) is 0 Å². The lowest BCUT2D eigenvalue weighted by molar-refractivity contribution is -0.133. The number of hydrogen-bond donors (Lipinski definition) is 1. The number of nitrogens with zero attached hydrogens (tertiary/aromatic N) is 2. The number of carbonyl (C=O) groups is 2. The van der Waals surface area contributed by atoms with Gasteiger partial charge in [0.25, 0.3) is 5.91 Å². The largest absolute Gasteiger partial charge is 0.367 e. The Morgan fingerprint density at radius 1 is 1.12 bits per heavy atom. The predicted octanol–water partition coefficient (Wildman–Crippen LogP) is 1.73. The first-order valence-corrected chi connectivity index (χ1v) is 8.34. The van der Waals surface area contributed by atoms with E-state index in [1.165, 1.54) is 0 Å². The second kappa shape index (κ2) is 6.72. The summed E-state index contributed by atoms with van der Waals surface area (Å²) in [5.41, 5.74) is 9.93. The van der Waals surface area contributed by atoms with Crippen molar-refractivity contribution in [1.29, 1.82) is 0 Å². The van der Waals surface area contributed by atoms with E-state index in [-0.39, 0.29) is 12.5 Å². The molecular weight excluding hydrogens is 318 g/mol. The van der Waals surface area contributed by atoms with Crippen molar-refractivity contribution in [3.63, 3.8) is 0 Å². The van der Waals surface area contributed by atoms with Crippen molar-refractivity contribution in [2.75, 3.05) is 19.7 Å². The number of carbonyl (C=O) groups excluding carboxylic acids is 2. The Kier molecular flexibility index (Phi) is 4.63. The summed E-state index contributed by atoms with van der Waals surface area (Å²) in [6.07, 6.45) is -0.749. The van der Waals surface area contributed by atoms with Crippen molar-refractivity contribution in [2.45, 2.75) is 26.9 Å². The van der Waals surface area contributed by atoms with Gasteiger partial charge in [0, 0.05) is 17.9 Å². The van der Waals surface area contributed by atoms with Crippen molar-refractivity contribution in [1.82, 2.24) is 9.47 Å². The fraction of sp³-hybridized carbons (Fsp3) is 0.368. The van der Waals surface area contributed by atoms with Crippen molar-refractivity contribution >= 4 is 11.8 Å². The van der Waals surface area contributed by atoms with Crippen LogP contribution in [0.15, 0.2) is 30.3 Å². The molecule has 6 heteroatoms. The molecule has 1 aliphatic rings. The van der Waals surface area contributed by atoms with Gasteiger partial charge < -0.3 is 19.9 Å². The van der Waals surface area contributed by atoms with Gasteiger partial charge in [0.15, 0.2) is 6.10 Å². The Morgan fingerprint density at radius 2 is 1.80 bits per heavy atom. The normalized spacial score (nSPS) is 17.6. The molecule has 2 aromatic rings. The van der Waals surface area contributed by atoms with Gasteiger partial charge in [0.05, 0.1) is 24.4 Å². The Balaban J connectivity index is 2.00. The van der Waals surface area contributed by atoms with E-state index in [2.05, 4.69) is 4.57 Å². The summed E-state index contributed by atoms with van der Waals surface area (Å²) in [7, 11) is 0. The first-order chi connectivity index (χ1) is 11.9. The molecular formula is C19H23N3O3. The third kappa shape index (κ3) is 3.30. The monoisotopic (exact) mass is 341 g/mol. The van der Waals surface area contributed by atoms with Gasteiger partial charge in [-0.05, 0) is 45.0 Å². The number of amides is 2. The lowest BCUT2D eigenvalue weighted by atomic mass is 10.1. The number of nitrogens with two attached hydrogens (primary N) is 1. The van der Waals surface area contributed by atoms with Crippen molar-refractivity contribution < 1.29 is 14.3 Å². The van der Waals surface area contributed by atoms with Crippen molar-refractivity contribution in [3.05, 3.63) is 52.8 Å². The van der Waals surface area contributed by atoms with Crippen LogP contribution in [0, 0.1) is 20.8 Å². The van der Waals surface area contributed by atoms with E-state index in [0.717, 1.165) is 22.6 Å². The number of morpholine rings is 1. The van der Waals surface area contributed by atoms with Gasteiger partial charge in [0.2, 0.25) is 5.91 Å². The van der Waals surface area contributed by atoms with Crippen LogP contribution in [0.4, 0.5) is 0 Å². The lowest BCUT2D eigenvalue weighted by Gasteiger charge is -2.32. The molecule has 1 atom stereocenters. The van der Waals surface area contributed by atoms with Crippen LogP contribution in [-0.2, 0) is 9.53 Å². The molecule has 0 saturated carbocycles. The van der Waals surface area contributed by atoms with Gasteiger partial charge in [-0.1, -0.05) is 11.6 Å². The summed E-state index contributed by atoms with van der Waals surface area (Å²) in [5, 5.41) is 0. The van der Waals surface area contributed by atoms with Crippen LogP contribution in [0.25, 0.3) is 5.69 Å². The molecule has 0 aliphatic carbocycles. The molecule has 2 amide bonds. The molecule has 1 aromatic heterocycles. The number of benzene rings is 1. The third-order valence-electron chi connectivity index (χ3n) is 4.57. The number of rotatable bonds is 3. The third-order valence-corrected chi connectivity index (χ3v) is 4.57. The number of hydrogen-bond acceptors (Lipinski definition) is 3. The number of primary amides is 1. The summed E-state index contributed by atoms with van der Waals surface area (Å²) in [6.45, 7) is 6.92. The molecule has 1 fully saturated rings. The van der Waals surface area contributed by atoms with Gasteiger partial charge in [-0.3, -0.25) is 9.59 Å². The quantitative estimate of drug-likeness (QED) is 0.923. The van der Waals surface area contributed by atoms with Gasteiger partial charge in [-0.15, -0.1) is 0 Å². The van der Waals surface area contributed by atoms with Crippen LogP contribution < -0.4 is 5.73 Å².